The van der Waals surface area contributed by atoms with E-state index in [0.29, 0.717) is 27.9 Å². The second-order valence-electron chi connectivity index (χ2n) is 6.34. The maximum Gasteiger partial charge on any atom is 0.277 e. The van der Waals surface area contributed by atoms with Crippen LogP contribution in [0.1, 0.15) is 26.2 Å². The molecule has 26 heavy (non-hydrogen) atoms. The molecule has 136 valence electrons. The Morgan fingerprint density at radius 1 is 1.38 bits per heavy atom. The van der Waals surface area contributed by atoms with E-state index in [9.17, 15) is 4.79 Å². The molecule has 5 nitrogen and oxygen atoms in total. The molecule has 8 heteroatoms. The van der Waals surface area contributed by atoms with Gasteiger partial charge in [0.1, 0.15) is 4.88 Å². The number of likely N-dealkylation sites (tertiary alicyclic amines) is 1. The van der Waals surface area contributed by atoms with Gasteiger partial charge in [-0.3, -0.25) is 4.79 Å². The van der Waals surface area contributed by atoms with Gasteiger partial charge in [0.15, 0.2) is 0 Å². The van der Waals surface area contributed by atoms with Crippen LogP contribution in [0.2, 0.25) is 5.02 Å². The van der Waals surface area contributed by atoms with Crippen LogP contribution >= 0.6 is 34.7 Å². The maximum atomic E-state index is 12.4. The fraction of sp³-hybridized carbons (Fsp3) is 0.389. The molecule has 3 aromatic rings. The van der Waals surface area contributed by atoms with Crippen LogP contribution in [0.25, 0.3) is 20.9 Å². The standard InChI is InChI=1S/C18H18ClN3O2S2/c1-11-6-4-5-9-22(11)14(23)10-25-18-21-20-17(24-18)16-15(19)12-7-2-3-8-13(12)26-16/h2-3,7-8,11H,4-6,9-10H2,1H3. The molecule has 0 aliphatic carbocycles. The number of thiophene rings is 1. The summed E-state index contributed by atoms with van der Waals surface area (Å²) in [5.74, 6) is 0.839. The highest BCUT2D eigenvalue weighted by molar-refractivity contribution is 7.99. The molecule has 4 rings (SSSR count). The molecule has 1 aliphatic rings. The minimum atomic E-state index is 0.127. The molecule has 2 aromatic heterocycles. The van der Waals surface area contributed by atoms with Gasteiger partial charge in [0.25, 0.3) is 11.1 Å². The van der Waals surface area contributed by atoms with Crippen LogP contribution < -0.4 is 0 Å². The van der Waals surface area contributed by atoms with Gasteiger partial charge in [0, 0.05) is 22.7 Å². The van der Waals surface area contributed by atoms with Crippen LogP contribution in [0.15, 0.2) is 33.9 Å². The number of hydrogen-bond donors (Lipinski definition) is 0. The van der Waals surface area contributed by atoms with E-state index >= 15 is 0 Å². The lowest BCUT2D eigenvalue weighted by Gasteiger charge is -2.33. The smallest absolute Gasteiger partial charge is 0.277 e. The number of rotatable bonds is 4. The Kier molecular flexibility index (Phi) is 5.20. The van der Waals surface area contributed by atoms with Crippen LogP contribution in [0.5, 0.6) is 0 Å². The second kappa shape index (κ2) is 7.58. The summed E-state index contributed by atoms with van der Waals surface area (Å²) in [6.45, 7) is 2.95. The molecule has 0 bridgehead atoms. The average molecular weight is 408 g/mol. The fourth-order valence-corrected chi connectivity index (χ4v) is 5.27. The van der Waals surface area contributed by atoms with Crippen LogP contribution in [-0.4, -0.2) is 39.3 Å². The van der Waals surface area contributed by atoms with Gasteiger partial charge in [-0.15, -0.1) is 21.5 Å². The SMILES string of the molecule is CC1CCCCN1C(=O)CSc1nnc(-c2sc3ccccc3c2Cl)o1. The highest BCUT2D eigenvalue weighted by Gasteiger charge is 2.24. The molecule has 3 heterocycles. The highest BCUT2D eigenvalue weighted by Crippen LogP contribution is 2.41. The zero-order valence-electron chi connectivity index (χ0n) is 14.3. The largest absolute Gasteiger partial charge is 0.410 e. The van der Waals surface area contributed by atoms with Crippen molar-refractivity contribution in [3.8, 4) is 10.8 Å². The van der Waals surface area contributed by atoms with Gasteiger partial charge in [-0.1, -0.05) is 41.6 Å². The highest BCUT2D eigenvalue weighted by atomic mass is 35.5. The van der Waals surface area contributed by atoms with Crippen molar-refractivity contribution in [1.29, 1.82) is 0 Å². The molecule has 0 N–H and O–H groups in total. The zero-order valence-corrected chi connectivity index (χ0v) is 16.7. The lowest BCUT2D eigenvalue weighted by molar-refractivity contribution is -0.131. The molecule has 1 atom stereocenters. The van der Waals surface area contributed by atoms with Gasteiger partial charge in [-0.05, 0) is 32.3 Å². The Morgan fingerprint density at radius 2 is 2.23 bits per heavy atom. The van der Waals surface area contributed by atoms with E-state index in [1.54, 1.807) is 0 Å². The van der Waals surface area contributed by atoms with Crippen molar-refractivity contribution in [3.63, 3.8) is 0 Å². The molecule has 1 amide bonds. The first-order valence-corrected chi connectivity index (χ1v) is 10.7. The van der Waals surface area contributed by atoms with Crippen LogP contribution in [-0.2, 0) is 4.79 Å². The van der Waals surface area contributed by atoms with Crippen molar-refractivity contribution in [2.75, 3.05) is 12.3 Å². The molecule has 0 spiro atoms. The van der Waals surface area contributed by atoms with Gasteiger partial charge in [0.05, 0.1) is 10.8 Å². The lowest BCUT2D eigenvalue weighted by Crippen LogP contribution is -2.42. The molecule has 1 fully saturated rings. The van der Waals surface area contributed by atoms with Crippen molar-refractivity contribution in [2.24, 2.45) is 0 Å². The van der Waals surface area contributed by atoms with E-state index < -0.39 is 0 Å². The summed E-state index contributed by atoms with van der Waals surface area (Å²) >= 11 is 9.27. The molecular formula is C18H18ClN3O2S2. The minimum absolute atomic E-state index is 0.127. The summed E-state index contributed by atoms with van der Waals surface area (Å²) in [4.78, 5) is 15.1. The third-order valence-corrected chi connectivity index (χ3v) is 7.04. The first kappa shape index (κ1) is 17.8. The number of carbonyl (C=O) groups excluding carboxylic acids is 1. The molecule has 1 aliphatic heterocycles. The van der Waals surface area contributed by atoms with Gasteiger partial charge >= 0.3 is 0 Å². The zero-order chi connectivity index (χ0) is 18.1. The normalized spacial score (nSPS) is 17.8. The van der Waals surface area contributed by atoms with E-state index in [-0.39, 0.29) is 5.91 Å². The third-order valence-electron chi connectivity index (χ3n) is 4.58. The quantitative estimate of drug-likeness (QED) is 0.563. The fourth-order valence-electron chi connectivity index (χ4n) is 3.19. The van der Waals surface area contributed by atoms with Crippen molar-refractivity contribution in [1.82, 2.24) is 15.1 Å². The van der Waals surface area contributed by atoms with Gasteiger partial charge < -0.3 is 9.32 Å². The number of amides is 1. The molecular weight excluding hydrogens is 390 g/mol. The first-order valence-electron chi connectivity index (χ1n) is 8.56. The topological polar surface area (TPSA) is 59.2 Å². The number of fused-ring (bicyclic) bond motifs is 1. The molecule has 0 radical (unpaired) electrons. The number of halogens is 1. The van der Waals surface area contributed by atoms with Crippen molar-refractivity contribution in [2.45, 2.75) is 37.5 Å². The molecule has 1 saturated heterocycles. The van der Waals surface area contributed by atoms with Crippen molar-refractivity contribution >= 4 is 50.7 Å². The second-order valence-corrected chi connectivity index (χ2v) is 8.69. The number of aromatic nitrogens is 2. The van der Waals surface area contributed by atoms with Crippen molar-refractivity contribution in [3.05, 3.63) is 29.3 Å². The molecule has 1 unspecified atom stereocenters. The summed E-state index contributed by atoms with van der Waals surface area (Å²) in [7, 11) is 0. The Balaban J connectivity index is 1.46. The van der Waals surface area contributed by atoms with Gasteiger partial charge in [0.2, 0.25) is 5.91 Å². The molecule has 0 saturated carbocycles. The Labute approximate surface area is 164 Å². The number of hydrogen-bond acceptors (Lipinski definition) is 6. The van der Waals surface area contributed by atoms with E-state index in [4.69, 9.17) is 16.0 Å². The number of carbonyl (C=O) groups is 1. The summed E-state index contributed by atoms with van der Waals surface area (Å²) in [5.41, 5.74) is 0. The summed E-state index contributed by atoms with van der Waals surface area (Å²) in [6, 6.07) is 8.23. The van der Waals surface area contributed by atoms with Gasteiger partial charge in [-0.25, -0.2) is 0 Å². The van der Waals surface area contributed by atoms with Crippen LogP contribution in [0.3, 0.4) is 0 Å². The van der Waals surface area contributed by atoms with E-state index in [2.05, 4.69) is 17.1 Å². The number of benzene rings is 1. The van der Waals surface area contributed by atoms with Crippen LogP contribution in [0.4, 0.5) is 0 Å². The Bertz CT molecular complexity index is 940. The van der Waals surface area contributed by atoms with E-state index in [1.807, 2.05) is 29.2 Å². The Hall–Kier alpha value is -1.57. The minimum Gasteiger partial charge on any atom is -0.410 e. The van der Waals surface area contributed by atoms with E-state index in [0.717, 1.165) is 34.3 Å². The first-order chi connectivity index (χ1) is 12.6. The predicted molar refractivity (Wildman–Crippen MR) is 106 cm³/mol. The molecule has 1 aromatic carbocycles. The lowest BCUT2D eigenvalue weighted by atomic mass is 10.0. The number of nitrogens with zero attached hydrogens (tertiary/aromatic N) is 3. The third kappa shape index (κ3) is 3.48. The van der Waals surface area contributed by atoms with Gasteiger partial charge in [-0.2, -0.15) is 0 Å². The monoisotopic (exact) mass is 407 g/mol. The Morgan fingerprint density at radius 3 is 3.04 bits per heavy atom. The van der Waals surface area contributed by atoms with E-state index in [1.165, 1.54) is 29.5 Å². The average Bonchev–Trinajstić information content (AvgIpc) is 3.25. The maximum absolute atomic E-state index is 12.4. The number of piperidine rings is 1. The summed E-state index contributed by atoms with van der Waals surface area (Å²) < 4.78 is 6.82. The van der Waals surface area contributed by atoms with Crippen LogP contribution in [0, 0.1) is 0 Å². The predicted octanol–water partition coefficient (Wildman–Crippen LogP) is 5.10. The number of thioether (sulfide) groups is 1. The summed E-state index contributed by atoms with van der Waals surface area (Å²) in [5, 5.41) is 10.2. The van der Waals surface area contributed by atoms with Crippen molar-refractivity contribution < 1.29 is 9.21 Å². The summed E-state index contributed by atoms with van der Waals surface area (Å²) in [6.07, 6.45) is 3.35.